The van der Waals surface area contributed by atoms with Crippen molar-refractivity contribution in [1.82, 2.24) is 0 Å². The summed E-state index contributed by atoms with van der Waals surface area (Å²) in [5.41, 5.74) is 3.37. The maximum Gasteiger partial charge on any atom is 0.172 e. The predicted molar refractivity (Wildman–Crippen MR) is 73.2 cm³/mol. The molecule has 0 N–H and O–H groups in total. The van der Waals surface area contributed by atoms with Gasteiger partial charge in [0, 0.05) is 22.8 Å². The molecule has 0 atom stereocenters. The number of methoxy groups -OCH3 is 1. The first-order valence-electron chi connectivity index (χ1n) is 6.55. The van der Waals surface area contributed by atoms with Crippen molar-refractivity contribution in [2.75, 3.05) is 7.11 Å². The number of hydrogen-bond acceptors (Lipinski definition) is 2. The minimum absolute atomic E-state index is 0.927. The van der Waals surface area contributed by atoms with Gasteiger partial charge in [0.1, 0.15) is 11.5 Å². The molecule has 2 heteroatoms. The molecule has 1 heterocycles. The highest BCUT2D eigenvalue weighted by Gasteiger charge is 2.16. The van der Waals surface area contributed by atoms with Gasteiger partial charge in [-0.05, 0) is 26.2 Å². The average Bonchev–Trinajstić information content (AvgIpc) is 2.77. The number of furan rings is 1. The Morgan fingerprint density at radius 1 is 1.17 bits per heavy atom. The summed E-state index contributed by atoms with van der Waals surface area (Å²) in [6, 6.07) is 0. The highest BCUT2D eigenvalue weighted by Crippen LogP contribution is 2.23. The third-order valence-electron chi connectivity index (χ3n) is 3.67. The van der Waals surface area contributed by atoms with Crippen LogP contribution in [0.5, 0.6) is 0 Å². The van der Waals surface area contributed by atoms with Crippen molar-refractivity contribution >= 4 is 17.4 Å². The Morgan fingerprint density at radius 2 is 2.06 bits per heavy atom. The predicted octanol–water partition coefficient (Wildman–Crippen LogP) is 2.65. The molecule has 18 heavy (non-hydrogen) atoms. The Bertz CT molecular complexity index is 641. The molecule has 0 amide bonds. The molecule has 0 fully saturated rings. The number of hydrogen-bond donors (Lipinski definition) is 0. The van der Waals surface area contributed by atoms with E-state index in [1.165, 1.54) is 16.4 Å². The van der Waals surface area contributed by atoms with Crippen molar-refractivity contribution < 1.29 is 9.15 Å². The molecule has 0 aromatic carbocycles. The fourth-order valence-electron chi connectivity index (χ4n) is 2.69. The van der Waals surface area contributed by atoms with Crippen LogP contribution >= 0.6 is 0 Å². The molecule has 0 saturated carbocycles. The van der Waals surface area contributed by atoms with E-state index in [1.807, 2.05) is 0 Å². The van der Waals surface area contributed by atoms with Gasteiger partial charge < -0.3 is 9.15 Å². The van der Waals surface area contributed by atoms with E-state index in [9.17, 15) is 0 Å². The molecule has 2 nitrogen and oxygen atoms in total. The van der Waals surface area contributed by atoms with Crippen LogP contribution < -0.4 is 10.6 Å². The molecule has 1 aromatic rings. The van der Waals surface area contributed by atoms with Gasteiger partial charge in [-0.2, -0.15) is 0 Å². The fraction of sp³-hybridized carbons (Fsp3) is 0.375. The Labute approximate surface area is 107 Å². The molecule has 3 rings (SSSR count). The van der Waals surface area contributed by atoms with Crippen LogP contribution in [0.2, 0.25) is 0 Å². The van der Waals surface area contributed by atoms with E-state index < -0.39 is 0 Å². The van der Waals surface area contributed by atoms with Crippen LogP contribution in [0, 0.1) is 6.92 Å². The van der Waals surface area contributed by atoms with E-state index in [-0.39, 0.29) is 0 Å². The molecule has 1 aromatic heterocycles. The standard InChI is InChI=1S/C16H18O2/c1-11-13-9-6-10-14(17-2)16(13)18-15(11)12-7-4-3-5-8-12/h4,7-9H,3,5-6,10H2,1-2H3. The third-order valence-corrected chi connectivity index (χ3v) is 3.67. The maximum absolute atomic E-state index is 6.07. The summed E-state index contributed by atoms with van der Waals surface area (Å²) in [5.74, 6) is 1.98. The number of allylic oxidation sites excluding steroid dienone is 4. The molecule has 2 aliphatic carbocycles. The van der Waals surface area contributed by atoms with Gasteiger partial charge in [-0.3, -0.25) is 0 Å². The zero-order chi connectivity index (χ0) is 12.5. The summed E-state index contributed by atoms with van der Waals surface area (Å²) in [6.45, 7) is 2.13. The van der Waals surface area contributed by atoms with Gasteiger partial charge >= 0.3 is 0 Å². The second-order valence-corrected chi connectivity index (χ2v) is 4.81. The molecule has 0 radical (unpaired) electrons. The van der Waals surface area contributed by atoms with Gasteiger partial charge in [-0.15, -0.1) is 0 Å². The molecular formula is C16H18O2. The van der Waals surface area contributed by atoms with Gasteiger partial charge in [0.15, 0.2) is 5.42 Å². The Morgan fingerprint density at radius 3 is 2.78 bits per heavy atom. The van der Waals surface area contributed by atoms with E-state index >= 15 is 0 Å². The molecular weight excluding hydrogens is 224 g/mol. The minimum Gasteiger partial charge on any atom is -0.497 e. The summed E-state index contributed by atoms with van der Waals surface area (Å²) in [7, 11) is 1.72. The normalized spacial score (nSPS) is 18.1. The largest absolute Gasteiger partial charge is 0.497 e. The minimum atomic E-state index is 0.927. The van der Waals surface area contributed by atoms with E-state index in [0.29, 0.717) is 0 Å². The van der Waals surface area contributed by atoms with Crippen LogP contribution in [-0.4, -0.2) is 7.11 Å². The Hall–Kier alpha value is -1.70. The summed E-state index contributed by atoms with van der Waals surface area (Å²) in [4.78, 5) is 0. The molecule has 0 aliphatic heterocycles. The first-order valence-corrected chi connectivity index (χ1v) is 6.55. The van der Waals surface area contributed by atoms with Gasteiger partial charge in [0.25, 0.3) is 0 Å². The van der Waals surface area contributed by atoms with Crippen LogP contribution in [0.25, 0.3) is 17.4 Å². The van der Waals surface area contributed by atoms with Gasteiger partial charge in [0.05, 0.1) is 7.11 Å². The SMILES string of the molecule is COC1=c2oc(C3=CCCC=C3)c(C)c2=CCC1. The van der Waals surface area contributed by atoms with Crippen molar-refractivity contribution in [3.05, 3.63) is 40.2 Å². The van der Waals surface area contributed by atoms with E-state index in [0.717, 1.165) is 42.6 Å². The Kier molecular flexibility index (Phi) is 2.86. The van der Waals surface area contributed by atoms with Crippen LogP contribution in [-0.2, 0) is 4.74 Å². The third kappa shape index (κ3) is 1.72. The van der Waals surface area contributed by atoms with Gasteiger partial charge in [-0.25, -0.2) is 0 Å². The fourth-order valence-corrected chi connectivity index (χ4v) is 2.69. The molecule has 0 unspecified atom stereocenters. The summed E-state index contributed by atoms with van der Waals surface area (Å²) in [6.07, 6.45) is 13.1. The van der Waals surface area contributed by atoms with Crippen molar-refractivity contribution in [3.63, 3.8) is 0 Å². The van der Waals surface area contributed by atoms with Crippen molar-refractivity contribution in [3.8, 4) is 0 Å². The number of rotatable bonds is 2. The number of fused-ring (bicyclic) bond motifs is 1. The van der Waals surface area contributed by atoms with Crippen LogP contribution in [0.15, 0.2) is 22.6 Å². The first kappa shape index (κ1) is 11.4. The quantitative estimate of drug-likeness (QED) is 0.795. The topological polar surface area (TPSA) is 22.4 Å². The lowest BCUT2D eigenvalue weighted by Gasteiger charge is -2.05. The van der Waals surface area contributed by atoms with Crippen molar-refractivity contribution in [2.24, 2.45) is 0 Å². The molecule has 0 bridgehead atoms. The summed E-state index contributed by atoms with van der Waals surface area (Å²) >= 11 is 0. The lowest BCUT2D eigenvalue weighted by Crippen LogP contribution is -2.27. The van der Waals surface area contributed by atoms with E-state index in [4.69, 9.17) is 9.15 Å². The first-order chi connectivity index (χ1) is 8.81. The zero-order valence-electron chi connectivity index (χ0n) is 11.0. The second kappa shape index (κ2) is 4.52. The van der Waals surface area contributed by atoms with Gasteiger partial charge in [0.2, 0.25) is 0 Å². The van der Waals surface area contributed by atoms with E-state index in [1.54, 1.807) is 7.11 Å². The summed E-state index contributed by atoms with van der Waals surface area (Å²) in [5, 5.41) is 1.22. The zero-order valence-corrected chi connectivity index (χ0v) is 11.0. The Balaban J connectivity index is 2.23. The molecule has 0 saturated heterocycles. The van der Waals surface area contributed by atoms with Crippen LogP contribution in [0.4, 0.5) is 0 Å². The molecule has 2 aliphatic rings. The van der Waals surface area contributed by atoms with Crippen LogP contribution in [0.3, 0.4) is 0 Å². The number of ether oxygens (including phenoxy) is 1. The smallest absolute Gasteiger partial charge is 0.172 e. The lowest BCUT2D eigenvalue weighted by molar-refractivity contribution is 0.333. The van der Waals surface area contributed by atoms with Crippen LogP contribution in [0.1, 0.15) is 37.0 Å². The molecule has 94 valence electrons. The average molecular weight is 242 g/mol. The lowest BCUT2D eigenvalue weighted by atomic mass is 10.0. The van der Waals surface area contributed by atoms with E-state index in [2.05, 4.69) is 31.2 Å². The van der Waals surface area contributed by atoms with Crippen molar-refractivity contribution in [1.29, 1.82) is 0 Å². The maximum atomic E-state index is 6.07. The highest BCUT2D eigenvalue weighted by molar-refractivity contribution is 5.74. The molecule has 0 spiro atoms. The monoisotopic (exact) mass is 242 g/mol. The second-order valence-electron chi connectivity index (χ2n) is 4.81. The van der Waals surface area contributed by atoms with Gasteiger partial charge in [-0.1, -0.05) is 24.3 Å². The van der Waals surface area contributed by atoms with Crippen molar-refractivity contribution in [2.45, 2.75) is 32.6 Å². The highest BCUT2D eigenvalue weighted by atomic mass is 16.5. The summed E-state index contributed by atoms with van der Waals surface area (Å²) < 4.78 is 11.5.